The first-order valence-corrected chi connectivity index (χ1v) is 11.3. The first kappa shape index (κ1) is 25.4. The molecule has 2 aliphatic heterocycles. The molecule has 1 aromatic rings. The lowest BCUT2D eigenvalue weighted by Crippen LogP contribution is -2.51. The predicted molar refractivity (Wildman–Crippen MR) is 127 cm³/mol. The van der Waals surface area contributed by atoms with Gasteiger partial charge in [-0.05, 0) is 19.1 Å². The number of rotatable bonds is 10. The van der Waals surface area contributed by atoms with Gasteiger partial charge in [-0.1, -0.05) is 6.08 Å². The Kier molecular flexibility index (Phi) is 8.78. The Morgan fingerprint density at radius 3 is 2.35 bits per heavy atom. The van der Waals surface area contributed by atoms with Crippen LogP contribution in [0.3, 0.4) is 0 Å². The number of urea groups is 1. The van der Waals surface area contributed by atoms with Crippen LogP contribution in [0.5, 0.6) is 17.2 Å². The highest BCUT2D eigenvalue weighted by atomic mass is 16.5. The van der Waals surface area contributed by atoms with Crippen LogP contribution >= 0.6 is 0 Å². The molecule has 2 N–H and O–H groups in total. The molecule has 0 aromatic heterocycles. The van der Waals surface area contributed by atoms with Crippen molar-refractivity contribution in [1.29, 1.82) is 0 Å². The highest BCUT2D eigenvalue weighted by Crippen LogP contribution is 2.44. The molecule has 1 saturated heterocycles. The lowest BCUT2D eigenvalue weighted by Gasteiger charge is -2.36. The van der Waals surface area contributed by atoms with E-state index in [1.165, 1.54) is 21.3 Å². The number of nitrogens with one attached hydrogen (secondary N) is 2. The SMILES string of the molecule is C=CCN1CCN(CC2=C(C(=O)OCC)[C@H](c3ccc(OC)c(OC)c3OC)NC(=O)N2)CC1. The standard InChI is InChI=1S/C24H34N4O6/c1-6-10-27-11-13-28(14-12-27)15-17-19(23(29)34-7-2)20(26-24(30)25-17)16-8-9-18(31-3)22(33-5)21(16)32-4/h6,8-9,20H,1,7,10-15H2,2-5H3,(H2,25,26,30)/t20-/m0/s1. The smallest absolute Gasteiger partial charge is 0.338 e. The normalized spacial score (nSPS) is 19.2. The summed E-state index contributed by atoms with van der Waals surface area (Å²) in [7, 11) is 4.53. The van der Waals surface area contributed by atoms with Gasteiger partial charge >= 0.3 is 12.0 Å². The molecule has 34 heavy (non-hydrogen) atoms. The van der Waals surface area contributed by atoms with Crippen LogP contribution in [0.1, 0.15) is 18.5 Å². The summed E-state index contributed by atoms with van der Waals surface area (Å²) in [6, 6.07) is 2.27. The van der Waals surface area contributed by atoms with E-state index in [0.29, 0.717) is 40.6 Å². The fourth-order valence-corrected chi connectivity index (χ4v) is 4.31. The van der Waals surface area contributed by atoms with Crippen LogP contribution in [0.2, 0.25) is 0 Å². The molecule has 1 atom stereocenters. The van der Waals surface area contributed by atoms with Gasteiger partial charge < -0.3 is 29.6 Å². The van der Waals surface area contributed by atoms with E-state index in [4.69, 9.17) is 18.9 Å². The van der Waals surface area contributed by atoms with Gasteiger partial charge in [-0.2, -0.15) is 0 Å². The van der Waals surface area contributed by atoms with Crippen molar-refractivity contribution in [3.63, 3.8) is 0 Å². The third-order valence-electron chi connectivity index (χ3n) is 5.93. The highest BCUT2D eigenvalue weighted by Gasteiger charge is 2.37. The maximum absolute atomic E-state index is 13.1. The molecule has 0 unspecified atom stereocenters. The quantitative estimate of drug-likeness (QED) is 0.390. The number of ether oxygens (including phenoxy) is 4. The van der Waals surface area contributed by atoms with Gasteiger partial charge in [0.05, 0.1) is 39.6 Å². The molecule has 186 valence electrons. The largest absolute Gasteiger partial charge is 0.493 e. The summed E-state index contributed by atoms with van der Waals surface area (Å²) < 4.78 is 21.9. The van der Waals surface area contributed by atoms with E-state index in [2.05, 4.69) is 27.0 Å². The molecule has 10 heteroatoms. The zero-order chi connectivity index (χ0) is 24.7. The topological polar surface area (TPSA) is 102 Å². The summed E-state index contributed by atoms with van der Waals surface area (Å²) in [6.07, 6.45) is 1.89. The third kappa shape index (κ3) is 5.45. The van der Waals surface area contributed by atoms with Gasteiger partial charge in [0.15, 0.2) is 11.5 Å². The third-order valence-corrected chi connectivity index (χ3v) is 5.93. The number of carbonyl (C=O) groups is 2. The number of hydrogen-bond donors (Lipinski definition) is 2. The number of carbonyl (C=O) groups excluding carboxylic acids is 2. The van der Waals surface area contributed by atoms with Gasteiger partial charge in [0.25, 0.3) is 0 Å². The van der Waals surface area contributed by atoms with E-state index in [1.54, 1.807) is 19.1 Å². The van der Waals surface area contributed by atoms with Crippen molar-refractivity contribution in [2.75, 3.05) is 67.2 Å². The molecular weight excluding hydrogens is 440 g/mol. The highest BCUT2D eigenvalue weighted by molar-refractivity contribution is 5.95. The molecule has 0 bridgehead atoms. The van der Waals surface area contributed by atoms with E-state index in [9.17, 15) is 9.59 Å². The molecule has 0 spiro atoms. The van der Waals surface area contributed by atoms with Gasteiger partial charge in [-0.25, -0.2) is 9.59 Å². The Balaban J connectivity index is 2.02. The second kappa shape index (κ2) is 11.8. The van der Waals surface area contributed by atoms with Crippen molar-refractivity contribution in [3.8, 4) is 17.2 Å². The summed E-state index contributed by atoms with van der Waals surface area (Å²) in [5.41, 5.74) is 1.41. The first-order chi connectivity index (χ1) is 16.5. The molecular formula is C24H34N4O6. The molecule has 0 saturated carbocycles. The van der Waals surface area contributed by atoms with E-state index >= 15 is 0 Å². The molecule has 2 amide bonds. The van der Waals surface area contributed by atoms with Crippen molar-refractivity contribution in [2.24, 2.45) is 0 Å². The Bertz CT molecular complexity index is 940. The molecule has 1 fully saturated rings. The molecule has 10 nitrogen and oxygen atoms in total. The van der Waals surface area contributed by atoms with E-state index < -0.39 is 18.0 Å². The molecule has 0 aliphatic carbocycles. The minimum absolute atomic E-state index is 0.208. The van der Waals surface area contributed by atoms with Crippen LogP contribution in [0.4, 0.5) is 4.79 Å². The van der Waals surface area contributed by atoms with Crippen LogP contribution in [0, 0.1) is 0 Å². The van der Waals surface area contributed by atoms with Crippen LogP contribution in [-0.4, -0.2) is 89.0 Å². The van der Waals surface area contributed by atoms with Gasteiger partial charge in [-0.3, -0.25) is 9.80 Å². The van der Waals surface area contributed by atoms with Gasteiger partial charge in [0.1, 0.15) is 0 Å². The molecule has 0 radical (unpaired) electrons. The van der Waals surface area contributed by atoms with Crippen LogP contribution in [0.15, 0.2) is 36.1 Å². The molecule has 2 heterocycles. The number of esters is 1. The first-order valence-electron chi connectivity index (χ1n) is 11.3. The van der Waals surface area contributed by atoms with E-state index in [0.717, 1.165) is 32.7 Å². The minimum atomic E-state index is -0.792. The lowest BCUT2D eigenvalue weighted by molar-refractivity contribution is -0.139. The molecule has 2 aliphatic rings. The van der Waals surface area contributed by atoms with Gasteiger partial charge in [0, 0.05) is 50.5 Å². The summed E-state index contributed by atoms with van der Waals surface area (Å²) in [5.74, 6) is 0.714. The van der Waals surface area contributed by atoms with Crippen molar-refractivity contribution in [1.82, 2.24) is 20.4 Å². The van der Waals surface area contributed by atoms with Crippen molar-refractivity contribution in [2.45, 2.75) is 13.0 Å². The number of amides is 2. The minimum Gasteiger partial charge on any atom is -0.493 e. The summed E-state index contributed by atoms with van der Waals surface area (Å²) in [6.45, 7) is 10.4. The maximum atomic E-state index is 13.1. The Morgan fingerprint density at radius 2 is 1.76 bits per heavy atom. The number of nitrogens with zero attached hydrogens (tertiary/aromatic N) is 2. The van der Waals surface area contributed by atoms with Crippen molar-refractivity contribution >= 4 is 12.0 Å². The number of hydrogen-bond acceptors (Lipinski definition) is 8. The monoisotopic (exact) mass is 474 g/mol. The van der Waals surface area contributed by atoms with Crippen LogP contribution in [-0.2, 0) is 9.53 Å². The van der Waals surface area contributed by atoms with E-state index in [1.807, 2.05) is 6.08 Å². The Labute approximate surface area is 200 Å². The lowest BCUT2D eigenvalue weighted by atomic mass is 9.93. The summed E-state index contributed by atoms with van der Waals surface area (Å²) in [5, 5.41) is 5.69. The van der Waals surface area contributed by atoms with Crippen LogP contribution in [0.25, 0.3) is 0 Å². The summed E-state index contributed by atoms with van der Waals surface area (Å²) in [4.78, 5) is 30.4. The summed E-state index contributed by atoms with van der Waals surface area (Å²) >= 11 is 0. The van der Waals surface area contributed by atoms with Gasteiger partial charge in [0.2, 0.25) is 5.75 Å². The van der Waals surface area contributed by atoms with Crippen molar-refractivity contribution in [3.05, 3.63) is 41.6 Å². The van der Waals surface area contributed by atoms with Crippen molar-refractivity contribution < 1.29 is 28.5 Å². The zero-order valence-corrected chi connectivity index (χ0v) is 20.3. The second-order valence-corrected chi connectivity index (χ2v) is 7.93. The number of benzene rings is 1. The Hall–Kier alpha value is -3.24. The second-order valence-electron chi connectivity index (χ2n) is 7.93. The fraction of sp³-hybridized carbons (Fsp3) is 0.500. The van der Waals surface area contributed by atoms with Crippen LogP contribution < -0.4 is 24.8 Å². The number of methoxy groups -OCH3 is 3. The maximum Gasteiger partial charge on any atom is 0.338 e. The average molecular weight is 475 g/mol. The Morgan fingerprint density at radius 1 is 1.09 bits per heavy atom. The van der Waals surface area contributed by atoms with E-state index in [-0.39, 0.29) is 6.61 Å². The number of piperazine rings is 1. The predicted octanol–water partition coefficient (Wildman–Crippen LogP) is 1.69. The molecule has 3 rings (SSSR count). The molecule has 1 aromatic carbocycles. The fourth-order valence-electron chi connectivity index (χ4n) is 4.31. The van der Waals surface area contributed by atoms with Gasteiger partial charge in [-0.15, -0.1) is 6.58 Å². The average Bonchev–Trinajstić information content (AvgIpc) is 2.84. The zero-order valence-electron chi connectivity index (χ0n) is 20.3.